The first-order chi connectivity index (χ1) is 8.11. The lowest BCUT2D eigenvalue weighted by Gasteiger charge is -2.16. The van der Waals surface area contributed by atoms with Crippen LogP contribution in [0.15, 0.2) is 18.2 Å². The zero-order valence-electron chi connectivity index (χ0n) is 8.90. The van der Waals surface area contributed by atoms with Gasteiger partial charge >= 0.3 is 6.61 Å². The summed E-state index contributed by atoms with van der Waals surface area (Å²) in [5.41, 5.74) is 1.41. The van der Waals surface area contributed by atoms with Crippen LogP contribution < -0.4 is 9.64 Å². The molecule has 0 saturated heterocycles. The summed E-state index contributed by atoms with van der Waals surface area (Å²) in [6, 6.07) is 4.48. The molecule has 0 aromatic heterocycles. The molecule has 0 unspecified atom stereocenters. The van der Waals surface area contributed by atoms with Gasteiger partial charge in [-0.25, -0.2) is 0 Å². The molecule has 0 fully saturated rings. The predicted octanol–water partition coefficient (Wildman–Crippen LogP) is 1.17. The highest BCUT2D eigenvalue weighted by Crippen LogP contribution is 2.32. The summed E-state index contributed by atoms with van der Waals surface area (Å²) in [4.78, 5) is 12.8. The van der Waals surface area contributed by atoms with Crippen molar-refractivity contribution >= 4 is 11.6 Å². The molecule has 1 aliphatic rings. The number of benzene rings is 1. The first-order valence-corrected chi connectivity index (χ1v) is 5.11. The van der Waals surface area contributed by atoms with E-state index in [4.69, 9.17) is 5.11 Å². The first-order valence-electron chi connectivity index (χ1n) is 5.11. The zero-order valence-corrected chi connectivity index (χ0v) is 8.90. The number of ether oxygens (including phenoxy) is 1. The highest BCUT2D eigenvalue weighted by Gasteiger charge is 2.24. The molecular formula is C11H11F2NO3. The number of anilines is 1. The largest absolute Gasteiger partial charge is 0.435 e. The Morgan fingerprint density at radius 1 is 1.53 bits per heavy atom. The molecule has 0 bridgehead atoms. The molecule has 0 spiro atoms. The smallest absolute Gasteiger partial charge is 0.387 e. The van der Waals surface area contributed by atoms with E-state index in [0.717, 1.165) is 5.56 Å². The fourth-order valence-electron chi connectivity index (χ4n) is 1.88. The van der Waals surface area contributed by atoms with Crippen LogP contribution in [0.2, 0.25) is 0 Å². The number of halogens is 2. The van der Waals surface area contributed by atoms with E-state index in [2.05, 4.69) is 4.74 Å². The lowest BCUT2D eigenvalue weighted by Crippen LogP contribution is -2.31. The van der Waals surface area contributed by atoms with Gasteiger partial charge < -0.3 is 14.7 Å². The van der Waals surface area contributed by atoms with E-state index >= 15 is 0 Å². The van der Waals surface area contributed by atoms with Gasteiger partial charge in [-0.2, -0.15) is 8.78 Å². The van der Waals surface area contributed by atoms with Crippen LogP contribution in [-0.4, -0.2) is 30.8 Å². The second-order valence-electron chi connectivity index (χ2n) is 3.62. The summed E-state index contributed by atoms with van der Waals surface area (Å²) in [5, 5.41) is 8.79. The fraction of sp³-hybridized carbons (Fsp3) is 0.364. The van der Waals surface area contributed by atoms with Crippen molar-refractivity contribution in [3.8, 4) is 5.75 Å². The van der Waals surface area contributed by atoms with Crippen molar-refractivity contribution in [1.82, 2.24) is 0 Å². The van der Waals surface area contributed by atoms with Gasteiger partial charge in [0.1, 0.15) is 12.4 Å². The fourth-order valence-corrected chi connectivity index (χ4v) is 1.88. The van der Waals surface area contributed by atoms with Crippen molar-refractivity contribution in [3.05, 3.63) is 23.8 Å². The number of aliphatic hydroxyl groups excluding tert-OH is 1. The highest BCUT2D eigenvalue weighted by molar-refractivity contribution is 5.96. The highest BCUT2D eigenvalue weighted by atomic mass is 19.3. The molecule has 6 heteroatoms. The molecule has 1 heterocycles. The Hall–Kier alpha value is -1.69. The van der Waals surface area contributed by atoms with E-state index < -0.39 is 19.1 Å². The Morgan fingerprint density at radius 2 is 2.29 bits per heavy atom. The third-order valence-corrected chi connectivity index (χ3v) is 2.61. The molecule has 92 valence electrons. The van der Waals surface area contributed by atoms with Crippen LogP contribution in [0.5, 0.6) is 5.75 Å². The van der Waals surface area contributed by atoms with E-state index in [-0.39, 0.29) is 5.75 Å². The molecule has 0 radical (unpaired) electrons. The Morgan fingerprint density at radius 3 is 2.94 bits per heavy atom. The summed E-state index contributed by atoms with van der Waals surface area (Å²) in [6.07, 6.45) is 0.649. The average molecular weight is 243 g/mol. The van der Waals surface area contributed by atoms with Crippen LogP contribution in [0.3, 0.4) is 0 Å². The average Bonchev–Trinajstić information content (AvgIpc) is 2.70. The zero-order chi connectivity index (χ0) is 12.4. The van der Waals surface area contributed by atoms with E-state index in [1.165, 1.54) is 17.0 Å². The normalized spacial score (nSPS) is 14.0. The molecule has 0 saturated carbocycles. The van der Waals surface area contributed by atoms with Crippen LogP contribution in [0.1, 0.15) is 5.56 Å². The number of nitrogens with zero attached hydrogens (tertiary/aromatic N) is 1. The van der Waals surface area contributed by atoms with Gasteiger partial charge in [-0.05, 0) is 18.1 Å². The number of alkyl halides is 2. The van der Waals surface area contributed by atoms with Crippen molar-refractivity contribution in [1.29, 1.82) is 0 Å². The van der Waals surface area contributed by atoms with Crippen molar-refractivity contribution in [2.24, 2.45) is 0 Å². The van der Waals surface area contributed by atoms with Gasteiger partial charge in [0.25, 0.3) is 5.91 Å². The van der Waals surface area contributed by atoms with Crippen LogP contribution in [0.4, 0.5) is 14.5 Å². The SMILES string of the molecule is O=C(CO)N1CCc2ccc(OC(F)F)cc21. The van der Waals surface area contributed by atoms with Crippen molar-refractivity contribution in [3.63, 3.8) is 0 Å². The van der Waals surface area contributed by atoms with Crippen molar-refractivity contribution in [2.45, 2.75) is 13.0 Å². The molecule has 0 atom stereocenters. The summed E-state index contributed by atoms with van der Waals surface area (Å²) < 4.78 is 28.4. The molecule has 2 rings (SSSR count). The Bertz CT molecular complexity index is 437. The maximum atomic E-state index is 12.1. The number of amides is 1. The molecular weight excluding hydrogens is 232 g/mol. The Balaban J connectivity index is 2.27. The summed E-state index contributed by atoms with van der Waals surface area (Å²) in [6.45, 7) is -3.04. The van der Waals surface area contributed by atoms with Crippen LogP contribution in [0, 0.1) is 0 Å². The summed E-state index contributed by atoms with van der Waals surface area (Å²) >= 11 is 0. The molecule has 4 nitrogen and oxygen atoms in total. The first kappa shape index (κ1) is 11.8. The second kappa shape index (κ2) is 4.67. The molecule has 1 amide bonds. The van der Waals surface area contributed by atoms with Crippen LogP contribution >= 0.6 is 0 Å². The Kier molecular flexibility index (Phi) is 3.23. The number of rotatable bonds is 3. The van der Waals surface area contributed by atoms with Gasteiger partial charge in [0.05, 0.1) is 5.69 Å². The standard InChI is InChI=1S/C11H11F2NO3/c12-11(13)17-8-2-1-7-3-4-14(9(7)5-8)10(16)6-15/h1-2,5,11,15H,3-4,6H2. The quantitative estimate of drug-likeness (QED) is 0.867. The minimum atomic E-state index is -2.89. The number of aliphatic hydroxyl groups is 1. The monoisotopic (exact) mass is 243 g/mol. The summed E-state index contributed by atoms with van der Waals surface area (Å²) in [5.74, 6) is -0.436. The van der Waals surface area contributed by atoms with Gasteiger partial charge in [-0.3, -0.25) is 4.79 Å². The molecule has 17 heavy (non-hydrogen) atoms. The lowest BCUT2D eigenvalue weighted by atomic mass is 10.1. The number of hydrogen-bond acceptors (Lipinski definition) is 3. The van der Waals surface area contributed by atoms with Gasteiger partial charge in [0, 0.05) is 12.6 Å². The molecule has 1 aliphatic heterocycles. The third-order valence-electron chi connectivity index (χ3n) is 2.61. The number of carbonyl (C=O) groups is 1. The maximum Gasteiger partial charge on any atom is 0.387 e. The summed E-state index contributed by atoms with van der Waals surface area (Å²) in [7, 11) is 0. The maximum absolute atomic E-state index is 12.1. The topological polar surface area (TPSA) is 49.8 Å². The van der Waals surface area contributed by atoms with Crippen LogP contribution in [-0.2, 0) is 11.2 Å². The van der Waals surface area contributed by atoms with Crippen LogP contribution in [0.25, 0.3) is 0 Å². The van der Waals surface area contributed by atoms with Gasteiger partial charge in [0.2, 0.25) is 0 Å². The second-order valence-corrected chi connectivity index (χ2v) is 3.62. The van der Waals surface area contributed by atoms with E-state index in [9.17, 15) is 13.6 Å². The third kappa shape index (κ3) is 2.36. The molecule has 1 aromatic rings. The van der Waals surface area contributed by atoms with Crippen molar-refractivity contribution < 1.29 is 23.4 Å². The number of carbonyl (C=O) groups excluding carboxylic acids is 1. The van der Waals surface area contributed by atoms with Crippen molar-refractivity contribution in [2.75, 3.05) is 18.1 Å². The number of hydrogen-bond donors (Lipinski definition) is 1. The molecule has 1 aromatic carbocycles. The minimum Gasteiger partial charge on any atom is -0.435 e. The van der Waals surface area contributed by atoms with E-state index in [0.29, 0.717) is 18.7 Å². The Labute approximate surface area is 96.4 Å². The minimum absolute atomic E-state index is 0.0105. The van der Waals surface area contributed by atoms with Gasteiger partial charge in [0.15, 0.2) is 0 Å². The van der Waals surface area contributed by atoms with E-state index in [1.807, 2.05) is 0 Å². The molecule has 1 N–H and O–H groups in total. The predicted molar refractivity (Wildman–Crippen MR) is 56.2 cm³/mol. The number of fused-ring (bicyclic) bond motifs is 1. The molecule has 0 aliphatic carbocycles. The lowest BCUT2D eigenvalue weighted by molar-refractivity contribution is -0.121. The van der Waals surface area contributed by atoms with Gasteiger partial charge in [-0.15, -0.1) is 0 Å². The van der Waals surface area contributed by atoms with Gasteiger partial charge in [-0.1, -0.05) is 6.07 Å². The van der Waals surface area contributed by atoms with E-state index in [1.54, 1.807) is 6.07 Å².